The maximum atomic E-state index is 5.88. The van der Waals surface area contributed by atoms with Crippen LogP contribution in [0.5, 0.6) is 5.75 Å². The molecule has 0 aliphatic carbocycles. The van der Waals surface area contributed by atoms with Gasteiger partial charge in [0.1, 0.15) is 5.75 Å². The zero-order chi connectivity index (χ0) is 14.2. The summed E-state index contributed by atoms with van der Waals surface area (Å²) in [5, 5.41) is 7.42. The Hall–Kier alpha value is -1.92. The fourth-order valence-corrected chi connectivity index (χ4v) is 2.92. The zero-order valence-electron chi connectivity index (χ0n) is 11.8. The lowest BCUT2D eigenvalue weighted by molar-refractivity contribution is 0.116. The maximum absolute atomic E-state index is 5.88. The smallest absolute Gasteiger partial charge is 0.244 e. The molecule has 3 heterocycles. The second kappa shape index (κ2) is 5.13. The molecule has 4 rings (SSSR count). The molecule has 1 aromatic heterocycles. The van der Waals surface area contributed by atoms with Gasteiger partial charge < -0.3 is 19.3 Å². The van der Waals surface area contributed by atoms with Crippen molar-refractivity contribution in [2.24, 2.45) is 0 Å². The summed E-state index contributed by atoms with van der Waals surface area (Å²) in [6.45, 7) is 0.810. The van der Waals surface area contributed by atoms with Crippen molar-refractivity contribution in [1.82, 2.24) is 15.5 Å². The molecule has 21 heavy (non-hydrogen) atoms. The van der Waals surface area contributed by atoms with Gasteiger partial charge in [0.25, 0.3) is 0 Å². The number of fused-ring (bicyclic) bond motifs is 1. The number of benzene rings is 1. The Kier molecular flexibility index (Phi) is 3.12. The monoisotopic (exact) mass is 287 g/mol. The Labute approximate surface area is 122 Å². The van der Waals surface area contributed by atoms with Crippen LogP contribution >= 0.6 is 0 Å². The van der Waals surface area contributed by atoms with Gasteiger partial charge in [-0.1, -0.05) is 23.4 Å². The molecule has 1 unspecified atom stereocenters. The Morgan fingerprint density at radius 3 is 3.05 bits per heavy atom. The van der Waals surface area contributed by atoms with Gasteiger partial charge in [-0.25, -0.2) is 0 Å². The molecule has 110 valence electrons. The van der Waals surface area contributed by atoms with Gasteiger partial charge in [-0.05, 0) is 18.1 Å². The number of hydrogen-bond donors (Lipinski definition) is 1. The van der Waals surface area contributed by atoms with Crippen molar-refractivity contribution in [2.75, 3.05) is 13.7 Å². The van der Waals surface area contributed by atoms with Gasteiger partial charge in [0.2, 0.25) is 11.7 Å². The predicted octanol–water partition coefficient (Wildman–Crippen LogP) is 1.80. The number of ether oxygens (including phenoxy) is 2. The van der Waals surface area contributed by atoms with Gasteiger partial charge in [-0.15, -0.1) is 0 Å². The molecule has 0 spiro atoms. The first-order chi connectivity index (χ1) is 10.3. The van der Waals surface area contributed by atoms with Gasteiger partial charge in [-0.2, -0.15) is 4.98 Å². The van der Waals surface area contributed by atoms with Crippen molar-refractivity contribution in [1.29, 1.82) is 0 Å². The quantitative estimate of drug-likeness (QED) is 0.928. The lowest BCUT2D eigenvalue weighted by Gasteiger charge is -2.05. The highest BCUT2D eigenvalue weighted by molar-refractivity contribution is 5.37. The highest BCUT2D eigenvalue weighted by Crippen LogP contribution is 2.35. The van der Waals surface area contributed by atoms with Crippen LogP contribution < -0.4 is 10.1 Å². The van der Waals surface area contributed by atoms with E-state index >= 15 is 0 Å². The van der Waals surface area contributed by atoms with Gasteiger partial charge in [0, 0.05) is 20.1 Å². The summed E-state index contributed by atoms with van der Waals surface area (Å²) in [6.07, 6.45) is 1.69. The van der Waals surface area contributed by atoms with E-state index in [1.54, 1.807) is 7.11 Å². The van der Waals surface area contributed by atoms with Crippen LogP contribution in [0.2, 0.25) is 0 Å². The van der Waals surface area contributed by atoms with Crippen LogP contribution in [0, 0.1) is 0 Å². The molecule has 0 radical (unpaired) electrons. The first kappa shape index (κ1) is 12.8. The van der Waals surface area contributed by atoms with E-state index in [-0.39, 0.29) is 18.2 Å². The Morgan fingerprint density at radius 2 is 2.24 bits per heavy atom. The minimum atomic E-state index is -0.153. The van der Waals surface area contributed by atoms with E-state index in [0.29, 0.717) is 11.7 Å². The minimum absolute atomic E-state index is 0.0694. The summed E-state index contributed by atoms with van der Waals surface area (Å²) >= 11 is 0. The zero-order valence-corrected chi connectivity index (χ0v) is 11.8. The average molecular weight is 287 g/mol. The highest BCUT2D eigenvalue weighted by atomic mass is 16.5. The van der Waals surface area contributed by atoms with Crippen molar-refractivity contribution in [2.45, 2.75) is 31.1 Å². The highest BCUT2D eigenvalue weighted by Gasteiger charge is 2.32. The Balaban J connectivity index is 1.49. The van der Waals surface area contributed by atoms with Crippen molar-refractivity contribution in [3.8, 4) is 5.75 Å². The molecule has 6 nitrogen and oxygen atoms in total. The minimum Gasteiger partial charge on any atom is -0.482 e. The van der Waals surface area contributed by atoms with Gasteiger partial charge in [0.05, 0.1) is 12.1 Å². The molecule has 3 atom stereocenters. The van der Waals surface area contributed by atoms with E-state index in [1.807, 2.05) is 18.2 Å². The number of rotatable bonds is 3. The molecule has 1 saturated heterocycles. The third-order valence-corrected chi connectivity index (χ3v) is 4.11. The molecule has 0 saturated carbocycles. The molecule has 1 N–H and O–H groups in total. The fraction of sp³-hybridized carbons (Fsp3) is 0.467. The maximum Gasteiger partial charge on any atom is 0.244 e. The summed E-state index contributed by atoms with van der Waals surface area (Å²) in [5.41, 5.74) is 1.19. The first-order valence-electron chi connectivity index (χ1n) is 7.17. The molecule has 2 aromatic rings. The molecular weight excluding hydrogens is 270 g/mol. The van der Waals surface area contributed by atoms with Crippen molar-refractivity contribution in [3.63, 3.8) is 0 Å². The molecule has 0 bridgehead atoms. The number of para-hydroxylation sites is 1. The molecule has 0 amide bonds. The van der Waals surface area contributed by atoms with Crippen LogP contribution in [0.4, 0.5) is 0 Å². The van der Waals surface area contributed by atoms with Crippen LogP contribution in [0.1, 0.15) is 35.8 Å². The molecule has 1 aromatic carbocycles. The molecule has 6 heteroatoms. The van der Waals surface area contributed by atoms with Crippen molar-refractivity contribution in [3.05, 3.63) is 41.5 Å². The Morgan fingerprint density at radius 1 is 1.33 bits per heavy atom. The Bertz CT molecular complexity index is 618. The van der Waals surface area contributed by atoms with Crippen LogP contribution in [0.15, 0.2) is 28.8 Å². The normalized spacial score (nSPS) is 27.6. The second-order valence-corrected chi connectivity index (χ2v) is 5.46. The van der Waals surface area contributed by atoms with E-state index in [2.05, 4.69) is 21.5 Å². The number of aromatic nitrogens is 2. The molecule has 2 aliphatic heterocycles. The summed E-state index contributed by atoms with van der Waals surface area (Å²) in [5.74, 6) is 2.14. The third-order valence-electron chi connectivity index (χ3n) is 4.11. The van der Waals surface area contributed by atoms with E-state index in [4.69, 9.17) is 14.0 Å². The van der Waals surface area contributed by atoms with E-state index in [1.165, 1.54) is 5.56 Å². The number of nitrogens with one attached hydrogen (secondary N) is 1. The lowest BCUT2D eigenvalue weighted by atomic mass is 10.1. The van der Waals surface area contributed by atoms with Crippen LogP contribution in [-0.4, -0.2) is 29.9 Å². The van der Waals surface area contributed by atoms with Crippen molar-refractivity contribution < 1.29 is 14.0 Å². The predicted molar refractivity (Wildman–Crippen MR) is 74.0 cm³/mol. The number of hydrogen-bond acceptors (Lipinski definition) is 6. The second-order valence-electron chi connectivity index (χ2n) is 5.46. The SMILES string of the molecule is CO[C@@H]1CN[C@@H](c2nc(C3Cc4ccccc4O3)no2)C1. The average Bonchev–Trinajstić information content (AvgIpc) is 3.24. The van der Waals surface area contributed by atoms with E-state index in [0.717, 1.165) is 25.1 Å². The summed E-state index contributed by atoms with van der Waals surface area (Å²) < 4.78 is 16.6. The molecular formula is C15H17N3O3. The molecule has 2 aliphatic rings. The fourth-order valence-electron chi connectivity index (χ4n) is 2.92. The van der Waals surface area contributed by atoms with Gasteiger partial charge >= 0.3 is 0 Å². The van der Waals surface area contributed by atoms with Crippen LogP contribution in [0.3, 0.4) is 0 Å². The number of nitrogens with zero attached hydrogens (tertiary/aromatic N) is 2. The van der Waals surface area contributed by atoms with Crippen molar-refractivity contribution >= 4 is 0 Å². The van der Waals surface area contributed by atoms with E-state index < -0.39 is 0 Å². The topological polar surface area (TPSA) is 69.4 Å². The lowest BCUT2D eigenvalue weighted by Crippen LogP contribution is -2.16. The van der Waals surface area contributed by atoms with E-state index in [9.17, 15) is 0 Å². The van der Waals surface area contributed by atoms with Crippen LogP contribution in [0.25, 0.3) is 0 Å². The summed E-state index contributed by atoms with van der Waals surface area (Å²) in [7, 11) is 1.72. The summed E-state index contributed by atoms with van der Waals surface area (Å²) in [4.78, 5) is 4.51. The summed E-state index contributed by atoms with van der Waals surface area (Å²) in [6, 6.07) is 8.09. The standard InChI is InChI=1S/C15H17N3O3/c1-19-10-7-11(16-8-10)15-17-14(18-21-15)13-6-9-4-2-3-5-12(9)20-13/h2-5,10-11,13,16H,6-8H2,1H3/t10-,11+,13?/m0/s1. The van der Waals surface area contributed by atoms with Gasteiger partial charge in [0.15, 0.2) is 6.10 Å². The van der Waals surface area contributed by atoms with Crippen LogP contribution in [-0.2, 0) is 11.2 Å². The number of methoxy groups -OCH3 is 1. The molecule has 1 fully saturated rings. The third kappa shape index (κ3) is 2.30. The first-order valence-corrected chi connectivity index (χ1v) is 7.17. The van der Waals surface area contributed by atoms with Gasteiger partial charge in [-0.3, -0.25) is 0 Å². The largest absolute Gasteiger partial charge is 0.482 e.